The third kappa shape index (κ3) is 1.54. The van der Waals surface area contributed by atoms with Crippen LogP contribution in [0.2, 0.25) is 0 Å². The summed E-state index contributed by atoms with van der Waals surface area (Å²) in [6.45, 7) is 5.90. The zero-order chi connectivity index (χ0) is 9.41. The van der Waals surface area contributed by atoms with Gasteiger partial charge in [0.25, 0.3) is 0 Å². The van der Waals surface area contributed by atoms with Crippen molar-refractivity contribution in [2.75, 3.05) is 6.61 Å². The Labute approximate surface area is 73.9 Å². The molecule has 0 aliphatic heterocycles. The summed E-state index contributed by atoms with van der Waals surface area (Å²) >= 11 is 0. The molecule has 0 aromatic carbocycles. The second-order valence-corrected chi connectivity index (χ2v) is 4.47. The quantitative estimate of drug-likeness (QED) is 0.627. The minimum atomic E-state index is -0.668. The minimum absolute atomic E-state index is 0.00694. The van der Waals surface area contributed by atoms with Crippen molar-refractivity contribution in [3.8, 4) is 0 Å². The van der Waals surface area contributed by atoms with Gasteiger partial charge in [0.2, 0.25) is 0 Å². The monoisotopic (exact) mass is 170 g/mol. The molecule has 1 aliphatic carbocycles. The lowest BCUT2D eigenvalue weighted by molar-refractivity contribution is -0.0247. The van der Waals surface area contributed by atoms with Crippen LogP contribution in [-0.2, 0) is 0 Å². The van der Waals surface area contributed by atoms with E-state index in [-0.39, 0.29) is 17.9 Å². The van der Waals surface area contributed by atoms with Gasteiger partial charge in [-0.15, -0.1) is 0 Å². The fourth-order valence-electron chi connectivity index (χ4n) is 2.04. The van der Waals surface area contributed by atoms with Crippen LogP contribution in [0.15, 0.2) is 12.2 Å². The molecule has 0 heterocycles. The van der Waals surface area contributed by atoms with E-state index in [1.54, 1.807) is 0 Å². The zero-order valence-electron chi connectivity index (χ0n) is 8.04. The highest BCUT2D eigenvalue weighted by Crippen LogP contribution is 2.47. The summed E-state index contributed by atoms with van der Waals surface area (Å²) in [4.78, 5) is 0. The van der Waals surface area contributed by atoms with Gasteiger partial charge in [-0.1, -0.05) is 19.1 Å². The van der Waals surface area contributed by atoms with Gasteiger partial charge in [-0.05, 0) is 25.7 Å². The molecule has 2 atom stereocenters. The molecule has 0 fully saturated rings. The number of hydrogen-bond acceptors (Lipinski definition) is 2. The molecule has 2 nitrogen and oxygen atoms in total. The van der Waals surface area contributed by atoms with Gasteiger partial charge in [0, 0.05) is 12.5 Å². The number of hydrogen-bond donors (Lipinski definition) is 2. The minimum Gasteiger partial charge on any atom is -0.396 e. The second kappa shape index (κ2) is 2.86. The van der Waals surface area contributed by atoms with Gasteiger partial charge in [0.1, 0.15) is 0 Å². The van der Waals surface area contributed by atoms with Crippen molar-refractivity contribution in [1.82, 2.24) is 0 Å². The van der Waals surface area contributed by atoms with E-state index in [1.165, 1.54) is 0 Å². The molecule has 0 amide bonds. The molecule has 70 valence electrons. The van der Waals surface area contributed by atoms with E-state index < -0.39 is 5.60 Å². The summed E-state index contributed by atoms with van der Waals surface area (Å²) in [5, 5.41) is 18.6. The fraction of sp³-hybridized carbons (Fsp3) is 0.800. The van der Waals surface area contributed by atoms with Gasteiger partial charge < -0.3 is 10.2 Å². The van der Waals surface area contributed by atoms with E-state index >= 15 is 0 Å². The normalized spacial score (nSPS) is 34.9. The second-order valence-electron chi connectivity index (χ2n) is 4.47. The fourth-order valence-corrected chi connectivity index (χ4v) is 2.04. The molecule has 0 bridgehead atoms. The zero-order valence-corrected chi connectivity index (χ0v) is 8.04. The average Bonchev–Trinajstić information content (AvgIpc) is 1.82. The molecule has 2 N–H and O–H groups in total. The highest BCUT2D eigenvalue weighted by atomic mass is 16.3. The molecule has 0 aromatic rings. The topological polar surface area (TPSA) is 40.5 Å². The predicted octanol–water partition coefficient (Wildman–Crippen LogP) is 1.33. The van der Waals surface area contributed by atoms with Crippen LogP contribution in [0.25, 0.3) is 0 Å². The lowest BCUT2D eigenvalue weighted by atomic mass is 9.60. The lowest BCUT2D eigenvalue weighted by Gasteiger charge is -2.46. The number of aliphatic hydroxyl groups excluding tert-OH is 1. The van der Waals surface area contributed by atoms with Crippen molar-refractivity contribution in [2.45, 2.75) is 32.8 Å². The first-order valence-electron chi connectivity index (χ1n) is 4.43. The van der Waals surface area contributed by atoms with Crippen LogP contribution in [0.3, 0.4) is 0 Å². The number of rotatable bonds is 3. The van der Waals surface area contributed by atoms with Crippen LogP contribution in [0, 0.1) is 11.3 Å². The largest absolute Gasteiger partial charge is 0.396 e. The summed E-state index contributed by atoms with van der Waals surface area (Å²) in [7, 11) is 0. The van der Waals surface area contributed by atoms with Gasteiger partial charge in [-0.3, -0.25) is 0 Å². The van der Waals surface area contributed by atoms with Crippen LogP contribution < -0.4 is 0 Å². The summed E-state index contributed by atoms with van der Waals surface area (Å²) in [5.41, 5.74) is -0.675. The molecule has 1 rings (SSSR count). The number of aliphatic hydroxyl groups is 2. The Hall–Kier alpha value is -0.340. The Morgan fingerprint density at radius 1 is 1.50 bits per heavy atom. The Morgan fingerprint density at radius 2 is 2.08 bits per heavy atom. The van der Waals surface area contributed by atoms with Crippen LogP contribution in [0.1, 0.15) is 27.2 Å². The van der Waals surface area contributed by atoms with E-state index in [0.29, 0.717) is 0 Å². The summed E-state index contributed by atoms with van der Waals surface area (Å²) in [5.74, 6) is 0.178. The van der Waals surface area contributed by atoms with Crippen LogP contribution in [0.4, 0.5) is 0 Å². The third-order valence-electron chi connectivity index (χ3n) is 2.79. The smallest absolute Gasteiger partial charge is 0.0662 e. The van der Waals surface area contributed by atoms with Gasteiger partial charge >= 0.3 is 0 Å². The Balaban J connectivity index is 2.67. The van der Waals surface area contributed by atoms with E-state index in [9.17, 15) is 5.11 Å². The highest BCUT2D eigenvalue weighted by Gasteiger charge is 2.44. The predicted molar refractivity (Wildman–Crippen MR) is 48.7 cm³/mol. The molecule has 0 saturated heterocycles. The first kappa shape index (κ1) is 9.75. The van der Waals surface area contributed by atoms with Crippen LogP contribution >= 0.6 is 0 Å². The molecule has 0 radical (unpaired) electrons. The molecular formula is C10H18O2. The summed E-state index contributed by atoms with van der Waals surface area (Å²) in [6, 6.07) is 0. The Kier molecular flexibility index (Phi) is 2.32. The van der Waals surface area contributed by atoms with E-state index in [1.807, 2.05) is 19.9 Å². The maximum atomic E-state index is 9.77. The molecule has 0 saturated carbocycles. The van der Waals surface area contributed by atoms with E-state index in [2.05, 4.69) is 13.0 Å². The molecule has 0 unspecified atom stereocenters. The Morgan fingerprint density at radius 3 is 2.33 bits per heavy atom. The van der Waals surface area contributed by atoms with Crippen molar-refractivity contribution in [1.29, 1.82) is 0 Å². The van der Waals surface area contributed by atoms with E-state index in [0.717, 1.165) is 6.42 Å². The molecule has 0 spiro atoms. The number of allylic oxidation sites excluding steroid dienone is 1. The van der Waals surface area contributed by atoms with E-state index in [4.69, 9.17) is 5.11 Å². The van der Waals surface area contributed by atoms with Gasteiger partial charge in [0.05, 0.1) is 5.60 Å². The van der Waals surface area contributed by atoms with Gasteiger partial charge in [0.15, 0.2) is 0 Å². The van der Waals surface area contributed by atoms with Gasteiger partial charge in [-0.25, -0.2) is 0 Å². The standard InChI is InChI=1S/C10H18O2/c1-9(2,12)8-4-5-10(8,3)6-7-11/h4-5,8,11-12H,6-7H2,1-3H3/t8-,10+/m1/s1. The summed E-state index contributed by atoms with van der Waals surface area (Å²) < 4.78 is 0. The maximum Gasteiger partial charge on any atom is 0.0662 e. The SMILES string of the molecule is CC(C)(O)[C@H]1C=C[C@@]1(C)CCO. The summed E-state index contributed by atoms with van der Waals surface area (Å²) in [6.07, 6.45) is 4.83. The van der Waals surface area contributed by atoms with Crippen molar-refractivity contribution < 1.29 is 10.2 Å². The van der Waals surface area contributed by atoms with Crippen LogP contribution in [-0.4, -0.2) is 22.4 Å². The Bertz CT molecular complexity index is 191. The van der Waals surface area contributed by atoms with Crippen molar-refractivity contribution in [3.63, 3.8) is 0 Å². The first-order chi connectivity index (χ1) is 5.40. The average molecular weight is 170 g/mol. The molecule has 0 aromatic heterocycles. The van der Waals surface area contributed by atoms with Crippen molar-refractivity contribution in [3.05, 3.63) is 12.2 Å². The highest BCUT2D eigenvalue weighted by molar-refractivity contribution is 5.20. The molecule has 12 heavy (non-hydrogen) atoms. The molecular weight excluding hydrogens is 152 g/mol. The van der Waals surface area contributed by atoms with Crippen molar-refractivity contribution in [2.24, 2.45) is 11.3 Å². The molecule has 1 aliphatic rings. The third-order valence-corrected chi connectivity index (χ3v) is 2.79. The maximum absolute atomic E-state index is 9.77. The molecule has 2 heteroatoms. The van der Waals surface area contributed by atoms with Crippen LogP contribution in [0.5, 0.6) is 0 Å². The van der Waals surface area contributed by atoms with Gasteiger partial charge in [-0.2, -0.15) is 0 Å². The lowest BCUT2D eigenvalue weighted by Crippen LogP contribution is -2.45. The first-order valence-corrected chi connectivity index (χ1v) is 4.43. The van der Waals surface area contributed by atoms with Crippen molar-refractivity contribution >= 4 is 0 Å².